The van der Waals surface area contributed by atoms with Gasteiger partial charge >= 0.3 is 0 Å². The van der Waals surface area contributed by atoms with Crippen molar-refractivity contribution in [3.63, 3.8) is 0 Å². The fourth-order valence-electron chi connectivity index (χ4n) is 1.34. The van der Waals surface area contributed by atoms with Crippen LogP contribution in [0, 0.1) is 3.57 Å². The monoisotopic (exact) mass is 283 g/mol. The molecule has 0 radical (unpaired) electrons. The Hall–Kier alpha value is -0.770. The summed E-state index contributed by atoms with van der Waals surface area (Å²) in [6.45, 7) is 0. The maximum atomic E-state index is 3.20. The van der Waals surface area contributed by atoms with Crippen LogP contribution in [0.2, 0.25) is 0 Å². The van der Waals surface area contributed by atoms with Crippen molar-refractivity contribution in [2.24, 2.45) is 0 Å². The molecular weight excluding hydrogens is 273 g/mol. The predicted octanol–water partition coefficient (Wildman–Crippen LogP) is 3.21. The Morgan fingerprint density at radius 1 is 1.15 bits per heavy atom. The standard InChI is InChI=1S/C11H10IN/c12-10-4-1-3-9(7-10)8-11-5-2-6-13-11/h1-7,13H,8H2. The number of nitrogens with one attached hydrogen (secondary N) is 1. The van der Waals surface area contributed by atoms with Crippen molar-refractivity contribution in [1.82, 2.24) is 4.98 Å². The van der Waals surface area contributed by atoms with E-state index in [1.54, 1.807) is 0 Å². The van der Waals surface area contributed by atoms with Crippen molar-refractivity contribution < 1.29 is 0 Å². The lowest BCUT2D eigenvalue weighted by atomic mass is 10.1. The summed E-state index contributed by atoms with van der Waals surface area (Å²) < 4.78 is 1.29. The van der Waals surface area contributed by atoms with Crippen molar-refractivity contribution in [1.29, 1.82) is 0 Å². The zero-order chi connectivity index (χ0) is 9.10. The molecule has 0 saturated heterocycles. The summed E-state index contributed by atoms with van der Waals surface area (Å²) in [6, 6.07) is 12.7. The van der Waals surface area contributed by atoms with Gasteiger partial charge in [-0.25, -0.2) is 0 Å². The first-order valence-corrected chi connectivity index (χ1v) is 5.29. The largest absolute Gasteiger partial charge is 0.365 e. The van der Waals surface area contributed by atoms with E-state index in [9.17, 15) is 0 Å². The minimum absolute atomic E-state index is 0.990. The van der Waals surface area contributed by atoms with Gasteiger partial charge in [0, 0.05) is 21.9 Å². The van der Waals surface area contributed by atoms with Crippen LogP contribution in [0.5, 0.6) is 0 Å². The molecule has 0 atom stereocenters. The summed E-state index contributed by atoms with van der Waals surface area (Å²) >= 11 is 2.34. The number of H-pyrrole nitrogens is 1. The molecule has 0 spiro atoms. The van der Waals surface area contributed by atoms with Crippen molar-refractivity contribution in [3.05, 3.63) is 57.4 Å². The first-order valence-electron chi connectivity index (χ1n) is 4.21. The number of halogens is 1. The van der Waals surface area contributed by atoms with E-state index in [0.717, 1.165) is 6.42 Å². The van der Waals surface area contributed by atoms with Crippen LogP contribution in [0.1, 0.15) is 11.3 Å². The minimum atomic E-state index is 0.990. The molecule has 1 heterocycles. The fourth-order valence-corrected chi connectivity index (χ4v) is 1.95. The van der Waals surface area contributed by atoms with Gasteiger partial charge in [-0.1, -0.05) is 12.1 Å². The van der Waals surface area contributed by atoms with Crippen LogP contribution in [0.3, 0.4) is 0 Å². The van der Waals surface area contributed by atoms with Crippen LogP contribution in [0.4, 0.5) is 0 Å². The Kier molecular flexibility index (Phi) is 2.68. The summed E-state index contributed by atoms with van der Waals surface area (Å²) in [5.41, 5.74) is 2.62. The average Bonchev–Trinajstić information content (AvgIpc) is 2.57. The Balaban J connectivity index is 2.19. The van der Waals surface area contributed by atoms with Crippen LogP contribution in [-0.2, 0) is 6.42 Å². The lowest BCUT2D eigenvalue weighted by Crippen LogP contribution is -1.87. The molecule has 0 fully saturated rings. The van der Waals surface area contributed by atoms with Gasteiger partial charge in [0.2, 0.25) is 0 Å². The smallest absolute Gasteiger partial charge is 0.0191 e. The van der Waals surface area contributed by atoms with Gasteiger partial charge in [-0.15, -0.1) is 0 Å². The molecule has 0 amide bonds. The SMILES string of the molecule is Ic1cccc(Cc2ccc[nH]2)c1. The van der Waals surface area contributed by atoms with E-state index >= 15 is 0 Å². The van der Waals surface area contributed by atoms with Gasteiger partial charge in [0.25, 0.3) is 0 Å². The van der Waals surface area contributed by atoms with Gasteiger partial charge in [-0.3, -0.25) is 0 Å². The van der Waals surface area contributed by atoms with Crippen molar-refractivity contribution in [2.45, 2.75) is 6.42 Å². The minimum Gasteiger partial charge on any atom is -0.365 e. The lowest BCUT2D eigenvalue weighted by molar-refractivity contribution is 1.10. The van der Waals surface area contributed by atoms with Crippen LogP contribution < -0.4 is 0 Å². The highest BCUT2D eigenvalue weighted by Gasteiger charge is 1.96. The molecule has 0 aliphatic heterocycles. The first-order chi connectivity index (χ1) is 6.34. The first kappa shape index (κ1) is 8.81. The zero-order valence-electron chi connectivity index (χ0n) is 7.13. The van der Waals surface area contributed by atoms with Crippen molar-refractivity contribution >= 4 is 22.6 Å². The molecule has 0 bridgehead atoms. The second kappa shape index (κ2) is 3.96. The highest BCUT2D eigenvalue weighted by Crippen LogP contribution is 2.11. The average molecular weight is 283 g/mol. The zero-order valence-corrected chi connectivity index (χ0v) is 9.28. The summed E-state index contributed by atoms with van der Waals surface area (Å²) in [6.07, 6.45) is 2.95. The number of hydrogen-bond donors (Lipinski definition) is 1. The second-order valence-corrected chi connectivity index (χ2v) is 4.25. The molecule has 0 saturated carbocycles. The number of benzene rings is 1. The molecule has 0 aliphatic carbocycles. The van der Waals surface area contributed by atoms with E-state index in [4.69, 9.17) is 0 Å². The van der Waals surface area contributed by atoms with E-state index in [0.29, 0.717) is 0 Å². The molecular formula is C11H10IN. The van der Waals surface area contributed by atoms with E-state index in [1.165, 1.54) is 14.8 Å². The molecule has 1 N–H and O–H groups in total. The summed E-state index contributed by atoms with van der Waals surface area (Å²) in [5.74, 6) is 0. The Labute approximate surface area is 91.3 Å². The number of aromatic amines is 1. The normalized spacial score (nSPS) is 10.2. The molecule has 1 nitrogen and oxygen atoms in total. The third kappa shape index (κ3) is 2.34. The highest BCUT2D eigenvalue weighted by molar-refractivity contribution is 14.1. The van der Waals surface area contributed by atoms with Gasteiger partial charge in [0.1, 0.15) is 0 Å². The molecule has 2 rings (SSSR count). The molecule has 1 aromatic carbocycles. The van der Waals surface area contributed by atoms with E-state index in [-0.39, 0.29) is 0 Å². The van der Waals surface area contributed by atoms with Crippen molar-refractivity contribution in [3.8, 4) is 0 Å². The molecule has 66 valence electrons. The van der Waals surface area contributed by atoms with Gasteiger partial charge < -0.3 is 4.98 Å². The molecule has 13 heavy (non-hydrogen) atoms. The Morgan fingerprint density at radius 3 is 2.77 bits per heavy atom. The third-order valence-corrected chi connectivity index (χ3v) is 2.62. The summed E-state index contributed by atoms with van der Waals surface area (Å²) in [5, 5.41) is 0. The number of rotatable bonds is 2. The van der Waals surface area contributed by atoms with Gasteiger partial charge in [-0.05, 0) is 52.4 Å². The highest BCUT2D eigenvalue weighted by atomic mass is 127. The van der Waals surface area contributed by atoms with Gasteiger partial charge in [-0.2, -0.15) is 0 Å². The predicted molar refractivity (Wildman–Crippen MR) is 62.8 cm³/mol. The Morgan fingerprint density at radius 2 is 2.08 bits per heavy atom. The summed E-state index contributed by atoms with van der Waals surface area (Å²) in [7, 11) is 0. The molecule has 1 aromatic heterocycles. The maximum absolute atomic E-state index is 3.20. The van der Waals surface area contributed by atoms with E-state index in [1.807, 2.05) is 12.3 Å². The van der Waals surface area contributed by atoms with E-state index < -0.39 is 0 Å². The lowest BCUT2D eigenvalue weighted by Gasteiger charge is -1.99. The van der Waals surface area contributed by atoms with Crippen LogP contribution in [0.15, 0.2) is 42.6 Å². The van der Waals surface area contributed by atoms with Crippen LogP contribution >= 0.6 is 22.6 Å². The fraction of sp³-hybridized carbons (Fsp3) is 0.0909. The quantitative estimate of drug-likeness (QED) is 0.815. The van der Waals surface area contributed by atoms with Crippen LogP contribution in [0.25, 0.3) is 0 Å². The molecule has 0 aliphatic rings. The molecule has 0 unspecified atom stereocenters. The summed E-state index contributed by atoms with van der Waals surface area (Å²) in [4.78, 5) is 3.20. The third-order valence-electron chi connectivity index (χ3n) is 1.95. The Bertz CT molecular complexity index is 379. The van der Waals surface area contributed by atoms with Gasteiger partial charge in [0.05, 0.1) is 0 Å². The molecule has 2 aromatic rings. The van der Waals surface area contributed by atoms with E-state index in [2.05, 4.69) is 57.9 Å². The van der Waals surface area contributed by atoms with Crippen molar-refractivity contribution in [2.75, 3.05) is 0 Å². The number of aromatic nitrogens is 1. The second-order valence-electron chi connectivity index (χ2n) is 3.00. The van der Waals surface area contributed by atoms with Crippen LogP contribution in [-0.4, -0.2) is 4.98 Å². The maximum Gasteiger partial charge on any atom is 0.0191 e. The van der Waals surface area contributed by atoms with Gasteiger partial charge in [0.15, 0.2) is 0 Å². The topological polar surface area (TPSA) is 15.8 Å². The molecule has 2 heteroatoms. The number of hydrogen-bond acceptors (Lipinski definition) is 0.